The van der Waals surface area contributed by atoms with Crippen LogP contribution < -0.4 is 5.73 Å². The van der Waals surface area contributed by atoms with E-state index >= 15 is 0 Å². The molecule has 2 rings (SSSR count). The third kappa shape index (κ3) is 10.6. The summed E-state index contributed by atoms with van der Waals surface area (Å²) in [5.41, 5.74) is 5.10. The summed E-state index contributed by atoms with van der Waals surface area (Å²) in [6.45, 7) is 1.48. The molecule has 2 aliphatic rings. The molecular formula is C19H31N3O8. The molecule has 0 spiro atoms. The average Bonchev–Trinajstić information content (AvgIpc) is 3.22. The number of imide groups is 4. The van der Waals surface area contributed by atoms with Gasteiger partial charge in [-0.3, -0.25) is 24.1 Å². The van der Waals surface area contributed by atoms with Gasteiger partial charge in [0.1, 0.15) is 0 Å². The summed E-state index contributed by atoms with van der Waals surface area (Å²) in [5.74, 6) is -1.83. The van der Waals surface area contributed by atoms with Crippen molar-refractivity contribution >= 4 is 29.7 Å². The molecule has 170 valence electrons. The summed E-state index contributed by atoms with van der Waals surface area (Å²) < 4.78 is 4.18. The first-order chi connectivity index (χ1) is 13.8. The standard InChI is InChI=1S/C8H11NO3.C6H5NO4.C4H11NO.CH4/c10-6-2-1-5-9-7(11)3-4-8(9)12;1-11-6(10)7-4(8)2-3-5(7)9;5-3-1-2-4-6;/h3-4,10H,1-2,5-6H2;2-3H,1H3;6H,1-5H2;1H4. The fraction of sp³-hybridized carbons (Fsp3) is 0.526. The highest BCUT2D eigenvalue weighted by atomic mass is 16.5. The number of aliphatic hydroxyl groups excluding tert-OH is 2. The molecule has 11 heteroatoms. The molecule has 0 aromatic heterocycles. The van der Waals surface area contributed by atoms with Crippen molar-refractivity contribution in [2.45, 2.75) is 33.1 Å². The van der Waals surface area contributed by atoms with Crippen LogP contribution in [0.15, 0.2) is 24.3 Å². The van der Waals surface area contributed by atoms with Crippen LogP contribution in [0.3, 0.4) is 0 Å². The molecule has 0 atom stereocenters. The van der Waals surface area contributed by atoms with Gasteiger partial charge in [0.25, 0.3) is 23.6 Å². The number of carbonyl (C=O) groups excluding carboxylic acids is 5. The Bertz CT molecular complexity index is 606. The van der Waals surface area contributed by atoms with Crippen molar-refractivity contribution in [1.82, 2.24) is 9.80 Å². The Morgan fingerprint density at radius 2 is 1.30 bits per heavy atom. The summed E-state index contributed by atoms with van der Waals surface area (Å²) in [5, 5.41) is 16.6. The molecule has 0 aliphatic carbocycles. The number of unbranched alkanes of at least 4 members (excludes halogenated alkanes) is 2. The Hall–Kier alpha value is -2.89. The highest BCUT2D eigenvalue weighted by Gasteiger charge is 2.30. The minimum Gasteiger partial charge on any atom is -0.452 e. The second kappa shape index (κ2) is 17.0. The zero-order valence-electron chi connectivity index (χ0n) is 16.3. The Morgan fingerprint density at radius 1 is 0.867 bits per heavy atom. The number of carbonyl (C=O) groups is 5. The van der Waals surface area contributed by atoms with Crippen molar-refractivity contribution in [3.63, 3.8) is 0 Å². The summed E-state index contributed by atoms with van der Waals surface area (Å²) in [6.07, 6.45) is 6.67. The number of nitrogens with zero attached hydrogens (tertiary/aromatic N) is 2. The maximum atomic E-state index is 10.9. The Kier molecular flexibility index (Phi) is 16.6. The van der Waals surface area contributed by atoms with Gasteiger partial charge in [-0.15, -0.1) is 0 Å². The molecule has 0 aromatic rings. The topological polar surface area (TPSA) is 168 Å². The number of aliphatic hydroxyl groups is 2. The number of nitrogens with two attached hydrogens (primary N) is 1. The van der Waals surface area contributed by atoms with E-state index in [4.69, 9.17) is 15.9 Å². The summed E-state index contributed by atoms with van der Waals surface area (Å²) >= 11 is 0. The number of hydrogen-bond acceptors (Lipinski definition) is 9. The van der Waals surface area contributed by atoms with Gasteiger partial charge in [-0.2, -0.15) is 4.90 Å². The van der Waals surface area contributed by atoms with E-state index in [9.17, 15) is 24.0 Å². The first-order valence-electron chi connectivity index (χ1n) is 8.93. The van der Waals surface area contributed by atoms with Gasteiger partial charge in [0.15, 0.2) is 0 Å². The number of methoxy groups -OCH3 is 1. The van der Waals surface area contributed by atoms with Crippen LogP contribution in [0.4, 0.5) is 4.79 Å². The number of ether oxygens (including phenoxy) is 1. The minimum absolute atomic E-state index is 0. The van der Waals surface area contributed by atoms with Crippen LogP contribution in [0, 0.1) is 0 Å². The predicted molar refractivity (Wildman–Crippen MR) is 108 cm³/mol. The molecule has 0 aromatic carbocycles. The van der Waals surface area contributed by atoms with Gasteiger partial charge in [0, 0.05) is 44.1 Å². The molecule has 0 unspecified atom stereocenters. The summed E-state index contributed by atoms with van der Waals surface area (Å²) in [6, 6.07) is 0. The molecule has 0 saturated carbocycles. The van der Waals surface area contributed by atoms with Gasteiger partial charge in [0.2, 0.25) is 0 Å². The normalized spacial score (nSPS) is 14.1. The first-order valence-corrected chi connectivity index (χ1v) is 8.93. The summed E-state index contributed by atoms with van der Waals surface area (Å²) in [7, 11) is 1.10. The van der Waals surface area contributed by atoms with Crippen LogP contribution in [-0.4, -0.2) is 83.1 Å². The van der Waals surface area contributed by atoms with E-state index in [0.717, 1.165) is 32.1 Å². The van der Waals surface area contributed by atoms with Gasteiger partial charge >= 0.3 is 6.09 Å². The Morgan fingerprint density at radius 3 is 1.67 bits per heavy atom. The number of hydrogen-bond donors (Lipinski definition) is 3. The van der Waals surface area contributed by atoms with E-state index in [1.54, 1.807) is 0 Å². The molecule has 2 heterocycles. The monoisotopic (exact) mass is 429 g/mol. The van der Waals surface area contributed by atoms with E-state index in [0.29, 0.717) is 30.8 Å². The van der Waals surface area contributed by atoms with Crippen LogP contribution in [0.25, 0.3) is 0 Å². The van der Waals surface area contributed by atoms with Crippen LogP contribution in [0.5, 0.6) is 0 Å². The number of rotatable bonds is 7. The van der Waals surface area contributed by atoms with Gasteiger partial charge < -0.3 is 20.7 Å². The third-order valence-electron chi connectivity index (χ3n) is 3.47. The van der Waals surface area contributed by atoms with Crippen LogP contribution in [-0.2, 0) is 23.9 Å². The van der Waals surface area contributed by atoms with E-state index in [2.05, 4.69) is 4.74 Å². The Labute approximate surface area is 175 Å². The third-order valence-corrected chi connectivity index (χ3v) is 3.47. The fourth-order valence-corrected chi connectivity index (χ4v) is 1.96. The average molecular weight is 429 g/mol. The molecule has 30 heavy (non-hydrogen) atoms. The largest absolute Gasteiger partial charge is 0.452 e. The van der Waals surface area contributed by atoms with E-state index in [1.165, 1.54) is 17.1 Å². The molecule has 0 fully saturated rings. The van der Waals surface area contributed by atoms with Crippen LogP contribution in [0.1, 0.15) is 33.1 Å². The van der Waals surface area contributed by atoms with Crippen molar-refractivity contribution < 1.29 is 38.9 Å². The van der Waals surface area contributed by atoms with Crippen molar-refractivity contribution in [2.75, 3.05) is 33.4 Å². The highest BCUT2D eigenvalue weighted by Crippen LogP contribution is 2.05. The van der Waals surface area contributed by atoms with Gasteiger partial charge in [-0.25, -0.2) is 4.79 Å². The van der Waals surface area contributed by atoms with Crippen LogP contribution >= 0.6 is 0 Å². The molecule has 2 aliphatic heterocycles. The smallest absolute Gasteiger partial charge is 0.423 e. The molecule has 4 N–H and O–H groups in total. The zero-order valence-corrected chi connectivity index (χ0v) is 16.3. The lowest BCUT2D eigenvalue weighted by Crippen LogP contribution is -2.35. The van der Waals surface area contributed by atoms with Gasteiger partial charge in [-0.05, 0) is 32.2 Å². The van der Waals surface area contributed by atoms with Crippen molar-refractivity contribution in [1.29, 1.82) is 0 Å². The second-order valence-corrected chi connectivity index (χ2v) is 5.63. The second-order valence-electron chi connectivity index (χ2n) is 5.63. The SMILES string of the molecule is C.COC(=O)N1C(=O)C=CC1=O.NCCCCO.O=C1C=CC(=O)N1CCCCO. The molecule has 0 saturated heterocycles. The first kappa shape index (κ1) is 29.3. The van der Waals surface area contributed by atoms with Gasteiger partial charge in [-0.1, -0.05) is 7.43 Å². The highest BCUT2D eigenvalue weighted by molar-refractivity contribution is 6.21. The molecule has 11 nitrogen and oxygen atoms in total. The minimum atomic E-state index is -0.954. The van der Waals surface area contributed by atoms with Crippen molar-refractivity contribution in [3.05, 3.63) is 24.3 Å². The Balaban J connectivity index is 0. The fourth-order valence-electron chi connectivity index (χ4n) is 1.96. The van der Waals surface area contributed by atoms with Crippen molar-refractivity contribution in [2.24, 2.45) is 5.73 Å². The molecule has 0 radical (unpaired) electrons. The van der Waals surface area contributed by atoms with Crippen LogP contribution in [0.2, 0.25) is 0 Å². The number of amides is 5. The van der Waals surface area contributed by atoms with Gasteiger partial charge in [0.05, 0.1) is 7.11 Å². The lowest BCUT2D eigenvalue weighted by molar-refractivity contribution is -0.137. The zero-order chi connectivity index (χ0) is 22.2. The van der Waals surface area contributed by atoms with E-state index < -0.39 is 17.9 Å². The maximum absolute atomic E-state index is 10.9. The lowest BCUT2D eigenvalue weighted by atomic mass is 10.3. The van der Waals surface area contributed by atoms with E-state index in [1.807, 2.05) is 0 Å². The quantitative estimate of drug-likeness (QED) is 0.364. The predicted octanol–water partition coefficient (Wildman–Crippen LogP) is -0.285. The maximum Gasteiger partial charge on any atom is 0.423 e. The summed E-state index contributed by atoms with van der Waals surface area (Å²) in [4.78, 5) is 55.5. The van der Waals surface area contributed by atoms with Crippen molar-refractivity contribution in [3.8, 4) is 0 Å². The van der Waals surface area contributed by atoms with E-state index in [-0.39, 0.29) is 32.5 Å². The molecular weight excluding hydrogens is 398 g/mol. The lowest BCUT2D eigenvalue weighted by Gasteiger charge is -2.12. The molecule has 0 bridgehead atoms. The molecule has 5 amide bonds.